The lowest BCUT2D eigenvalue weighted by atomic mass is 10.0. The first-order chi connectivity index (χ1) is 12.8. The predicted octanol–water partition coefficient (Wildman–Crippen LogP) is 4.55. The van der Waals surface area contributed by atoms with E-state index in [1.807, 2.05) is 38.1 Å². The minimum atomic E-state index is -3.43. The lowest BCUT2D eigenvalue weighted by molar-refractivity contribution is 0.467. The Hall–Kier alpha value is -2.92. The maximum absolute atomic E-state index is 12.5. The standard InChI is InChI=1S/C22H21NO3S/c1-16-13-19(14-17(2)22(16)24)7-6-18-8-10-21(11-9-18)27(25,26)15-20-5-3-4-12-23-20/h3-14,24H,15H2,1-2H3/b7-6+. The number of phenols is 1. The fourth-order valence-electron chi connectivity index (χ4n) is 2.83. The fourth-order valence-corrected chi connectivity index (χ4v) is 4.10. The van der Waals surface area contributed by atoms with E-state index in [2.05, 4.69) is 4.98 Å². The van der Waals surface area contributed by atoms with Crippen LogP contribution in [-0.4, -0.2) is 18.5 Å². The predicted molar refractivity (Wildman–Crippen MR) is 108 cm³/mol. The van der Waals surface area contributed by atoms with Crippen LogP contribution in [0.25, 0.3) is 12.2 Å². The van der Waals surface area contributed by atoms with Crippen LogP contribution in [0.4, 0.5) is 0 Å². The molecule has 0 aliphatic heterocycles. The Morgan fingerprint density at radius 2 is 1.56 bits per heavy atom. The van der Waals surface area contributed by atoms with E-state index in [4.69, 9.17) is 0 Å². The number of phenolic OH excluding ortho intramolecular Hbond substituents is 1. The second-order valence-electron chi connectivity index (χ2n) is 6.49. The molecule has 0 saturated heterocycles. The molecular formula is C22H21NO3S. The van der Waals surface area contributed by atoms with Crippen LogP contribution < -0.4 is 0 Å². The number of rotatable bonds is 5. The summed E-state index contributed by atoms with van der Waals surface area (Å²) >= 11 is 0. The van der Waals surface area contributed by atoms with Crippen LogP contribution in [0.15, 0.2) is 65.7 Å². The first kappa shape index (κ1) is 18.9. The van der Waals surface area contributed by atoms with Crippen molar-refractivity contribution >= 4 is 22.0 Å². The average molecular weight is 379 g/mol. The molecule has 0 aliphatic carbocycles. The van der Waals surface area contributed by atoms with Gasteiger partial charge >= 0.3 is 0 Å². The maximum atomic E-state index is 12.5. The van der Waals surface area contributed by atoms with Crippen molar-refractivity contribution in [2.75, 3.05) is 0 Å². The lowest BCUT2D eigenvalue weighted by Crippen LogP contribution is -2.06. The summed E-state index contributed by atoms with van der Waals surface area (Å²) in [6.45, 7) is 3.72. The number of sulfone groups is 1. The van der Waals surface area contributed by atoms with Crippen molar-refractivity contribution in [3.05, 3.63) is 88.7 Å². The Morgan fingerprint density at radius 3 is 2.15 bits per heavy atom. The highest BCUT2D eigenvalue weighted by Gasteiger charge is 2.15. The molecule has 0 fully saturated rings. The van der Waals surface area contributed by atoms with Crippen LogP contribution in [0.3, 0.4) is 0 Å². The molecule has 0 saturated carbocycles. The number of nitrogens with zero attached hydrogens (tertiary/aromatic N) is 1. The summed E-state index contributed by atoms with van der Waals surface area (Å²) in [5, 5.41) is 9.84. The van der Waals surface area contributed by atoms with Crippen LogP contribution in [0.2, 0.25) is 0 Å². The van der Waals surface area contributed by atoms with E-state index in [1.54, 1.807) is 48.7 Å². The highest BCUT2D eigenvalue weighted by Crippen LogP contribution is 2.24. The summed E-state index contributed by atoms with van der Waals surface area (Å²) in [5.41, 5.74) is 4.06. The van der Waals surface area contributed by atoms with E-state index in [9.17, 15) is 13.5 Å². The van der Waals surface area contributed by atoms with Gasteiger partial charge in [-0.2, -0.15) is 0 Å². The third kappa shape index (κ3) is 4.63. The number of aromatic nitrogens is 1. The topological polar surface area (TPSA) is 67.3 Å². The van der Waals surface area contributed by atoms with Crippen molar-refractivity contribution in [2.24, 2.45) is 0 Å². The van der Waals surface area contributed by atoms with E-state index in [0.717, 1.165) is 22.3 Å². The van der Waals surface area contributed by atoms with E-state index in [-0.39, 0.29) is 10.6 Å². The fraction of sp³-hybridized carbons (Fsp3) is 0.136. The molecule has 1 heterocycles. The van der Waals surface area contributed by atoms with Crippen molar-refractivity contribution in [1.82, 2.24) is 4.98 Å². The van der Waals surface area contributed by atoms with Gasteiger partial charge in [-0.15, -0.1) is 0 Å². The third-order valence-corrected chi connectivity index (χ3v) is 5.95. The van der Waals surface area contributed by atoms with Crippen molar-refractivity contribution in [3.8, 4) is 5.75 Å². The molecule has 0 bridgehead atoms. The molecule has 0 radical (unpaired) electrons. The molecular weight excluding hydrogens is 358 g/mol. The number of aryl methyl sites for hydroxylation is 2. The smallest absolute Gasteiger partial charge is 0.184 e. The highest BCUT2D eigenvalue weighted by atomic mass is 32.2. The summed E-state index contributed by atoms with van der Waals surface area (Å²) in [4.78, 5) is 4.36. The molecule has 1 aromatic heterocycles. The Labute approximate surface area is 159 Å². The molecule has 0 amide bonds. The number of hydrogen-bond acceptors (Lipinski definition) is 4. The molecule has 4 nitrogen and oxygen atoms in total. The monoisotopic (exact) mass is 379 g/mol. The second kappa shape index (κ2) is 7.76. The molecule has 138 valence electrons. The molecule has 3 aromatic rings. The van der Waals surface area contributed by atoms with Gasteiger partial charge in [0.25, 0.3) is 0 Å². The van der Waals surface area contributed by atoms with Gasteiger partial charge in [0, 0.05) is 6.20 Å². The van der Waals surface area contributed by atoms with Crippen LogP contribution in [0.5, 0.6) is 5.75 Å². The van der Waals surface area contributed by atoms with Gasteiger partial charge in [0.2, 0.25) is 0 Å². The molecule has 2 aromatic carbocycles. The van der Waals surface area contributed by atoms with Crippen LogP contribution in [-0.2, 0) is 15.6 Å². The summed E-state index contributed by atoms with van der Waals surface area (Å²) in [7, 11) is -3.43. The molecule has 0 spiro atoms. The Kier molecular flexibility index (Phi) is 5.42. The molecule has 0 unspecified atom stereocenters. The van der Waals surface area contributed by atoms with Crippen molar-refractivity contribution in [1.29, 1.82) is 0 Å². The summed E-state index contributed by atoms with van der Waals surface area (Å²) < 4.78 is 25.0. The summed E-state index contributed by atoms with van der Waals surface area (Å²) in [6.07, 6.45) is 5.45. The Morgan fingerprint density at radius 1 is 0.926 bits per heavy atom. The van der Waals surface area contributed by atoms with Crippen LogP contribution in [0.1, 0.15) is 27.9 Å². The van der Waals surface area contributed by atoms with Gasteiger partial charge in [-0.3, -0.25) is 4.98 Å². The molecule has 0 atom stereocenters. The minimum absolute atomic E-state index is 0.116. The third-order valence-electron chi connectivity index (χ3n) is 4.28. The maximum Gasteiger partial charge on any atom is 0.184 e. The average Bonchev–Trinajstić information content (AvgIpc) is 2.65. The van der Waals surface area contributed by atoms with Crippen LogP contribution >= 0.6 is 0 Å². The number of aromatic hydroxyl groups is 1. The highest BCUT2D eigenvalue weighted by molar-refractivity contribution is 7.90. The number of pyridine rings is 1. The second-order valence-corrected chi connectivity index (χ2v) is 8.48. The van der Waals surface area contributed by atoms with Crippen molar-refractivity contribution in [2.45, 2.75) is 24.5 Å². The Bertz CT molecular complexity index is 1050. The van der Waals surface area contributed by atoms with Gasteiger partial charge in [0.05, 0.1) is 16.3 Å². The van der Waals surface area contributed by atoms with E-state index >= 15 is 0 Å². The molecule has 5 heteroatoms. The van der Waals surface area contributed by atoms with Gasteiger partial charge in [0.1, 0.15) is 5.75 Å². The first-order valence-corrected chi connectivity index (χ1v) is 10.2. The zero-order valence-corrected chi connectivity index (χ0v) is 16.1. The Balaban J connectivity index is 1.77. The minimum Gasteiger partial charge on any atom is -0.507 e. The SMILES string of the molecule is Cc1cc(/C=C/c2ccc(S(=O)(=O)Cc3ccccn3)cc2)cc(C)c1O. The first-order valence-electron chi connectivity index (χ1n) is 8.56. The molecule has 1 N–H and O–H groups in total. The summed E-state index contributed by atoms with van der Waals surface area (Å²) in [5.74, 6) is 0.198. The van der Waals surface area contributed by atoms with E-state index in [1.165, 1.54) is 0 Å². The largest absolute Gasteiger partial charge is 0.507 e. The number of benzene rings is 2. The van der Waals surface area contributed by atoms with E-state index < -0.39 is 9.84 Å². The van der Waals surface area contributed by atoms with Gasteiger partial charge in [0.15, 0.2) is 9.84 Å². The van der Waals surface area contributed by atoms with Crippen LogP contribution in [0, 0.1) is 13.8 Å². The quantitative estimate of drug-likeness (QED) is 0.661. The normalized spacial score (nSPS) is 11.8. The lowest BCUT2D eigenvalue weighted by Gasteiger charge is -2.06. The summed E-state index contributed by atoms with van der Waals surface area (Å²) in [6, 6.07) is 15.8. The zero-order valence-electron chi connectivity index (χ0n) is 15.3. The molecule has 3 rings (SSSR count). The number of hydrogen-bond donors (Lipinski definition) is 1. The van der Waals surface area contributed by atoms with Gasteiger partial charge in [-0.05, 0) is 72.5 Å². The molecule has 27 heavy (non-hydrogen) atoms. The molecule has 0 aliphatic rings. The van der Waals surface area contributed by atoms with Gasteiger partial charge in [-0.25, -0.2) is 8.42 Å². The van der Waals surface area contributed by atoms with Gasteiger partial charge in [-0.1, -0.05) is 30.4 Å². The zero-order chi connectivity index (χ0) is 19.4. The van der Waals surface area contributed by atoms with Crippen molar-refractivity contribution in [3.63, 3.8) is 0 Å². The van der Waals surface area contributed by atoms with E-state index in [0.29, 0.717) is 11.4 Å². The van der Waals surface area contributed by atoms with Gasteiger partial charge < -0.3 is 5.11 Å². The van der Waals surface area contributed by atoms with Crippen molar-refractivity contribution < 1.29 is 13.5 Å².